The molecule has 2 N–H and O–H groups in total. The third kappa shape index (κ3) is 13.7. The number of rotatable bonds is 14. The van der Waals surface area contributed by atoms with Crippen molar-refractivity contribution < 1.29 is 9.90 Å². The summed E-state index contributed by atoms with van der Waals surface area (Å²) in [5, 5.41) is 11.8. The van der Waals surface area contributed by atoms with E-state index in [9.17, 15) is 4.79 Å². The lowest BCUT2D eigenvalue weighted by Gasteiger charge is -2.13. The molecule has 19 heavy (non-hydrogen) atoms. The molecule has 0 aliphatic heterocycles. The molecule has 0 aromatic carbocycles. The first-order chi connectivity index (χ1) is 9.20. The summed E-state index contributed by atoms with van der Waals surface area (Å²) >= 11 is 0. The third-order valence-corrected chi connectivity index (χ3v) is 3.74. The second-order valence-electron chi connectivity index (χ2n) is 5.55. The van der Waals surface area contributed by atoms with Crippen LogP contribution in [0.2, 0.25) is 0 Å². The minimum absolute atomic E-state index is 0.145. The van der Waals surface area contributed by atoms with Crippen molar-refractivity contribution in [2.24, 2.45) is 0 Å². The zero-order valence-corrected chi connectivity index (χ0v) is 12.9. The van der Waals surface area contributed by atoms with Gasteiger partial charge in [-0.1, -0.05) is 71.1 Å². The molecule has 0 saturated carbocycles. The van der Waals surface area contributed by atoms with Gasteiger partial charge in [0.15, 0.2) is 0 Å². The summed E-state index contributed by atoms with van der Waals surface area (Å²) in [4.78, 5) is 10.6. The van der Waals surface area contributed by atoms with Gasteiger partial charge in [0, 0.05) is 6.04 Å². The average Bonchev–Trinajstić information content (AvgIpc) is 2.39. The molecule has 0 bridgehead atoms. The van der Waals surface area contributed by atoms with Gasteiger partial charge in [-0.15, -0.1) is 0 Å². The second kappa shape index (κ2) is 13.9. The van der Waals surface area contributed by atoms with Crippen molar-refractivity contribution in [1.82, 2.24) is 5.32 Å². The van der Waals surface area contributed by atoms with Crippen molar-refractivity contribution in [3.63, 3.8) is 0 Å². The van der Waals surface area contributed by atoms with E-state index in [1.807, 2.05) is 7.05 Å². The van der Waals surface area contributed by atoms with Gasteiger partial charge in [-0.25, -0.2) is 0 Å². The fourth-order valence-electron chi connectivity index (χ4n) is 2.44. The van der Waals surface area contributed by atoms with Crippen LogP contribution in [0.4, 0.5) is 0 Å². The van der Waals surface area contributed by atoms with E-state index in [4.69, 9.17) is 5.11 Å². The van der Waals surface area contributed by atoms with Crippen LogP contribution >= 0.6 is 0 Å². The van der Waals surface area contributed by atoms with Crippen molar-refractivity contribution in [2.75, 3.05) is 7.05 Å². The number of nitrogens with one attached hydrogen (secondary N) is 1. The summed E-state index contributed by atoms with van der Waals surface area (Å²) in [5.41, 5.74) is 0. The van der Waals surface area contributed by atoms with Crippen LogP contribution in [-0.2, 0) is 4.79 Å². The summed E-state index contributed by atoms with van der Waals surface area (Å²) in [5.74, 6) is -0.702. The molecule has 0 aliphatic rings. The summed E-state index contributed by atoms with van der Waals surface area (Å²) < 4.78 is 0. The minimum atomic E-state index is -0.702. The van der Waals surface area contributed by atoms with Gasteiger partial charge in [0.2, 0.25) is 0 Å². The Kier molecular flexibility index (Phi) is 13.4. The Morgan fingerprint density at radius 3 is 1.84 bits per heavy atom. The van der Waals surface area contributed by atoms with E-state index in [1.165, 1.54) is 57.8 Å². The lowest BCUT2D eigenvalue weighted by molar-refractivity contribution is -0.137. The maximum Gasteiger partial charge on any atom is 0.304 e. The van der Waals surface area contributed by atoms with Gasteiger partial charge in [0.1, 0.15) is 0 Å². The Balaban J connectivity index is 3.23. The highest BCUT2D eigenvalue weighted by Gasteiger charge is 2.09. The van der Waals surface area contributed by atoms with E-state index < -0.39 is 5.97 Å². The van der Waals surface area contributed by atoms with Crippen LogP contribution in [0, 0.1) is 0 Å². The zero-order chi connectivity index (χ0) is 14.3. The summed E-state index contributed by atoms with van der Waals surface area (Å²) in [6.45, 7) is 2.25. The lowest BCUT2D eigenvalue weighted by Crippen LogP contribution is -2.27. The molecule has 0 aliphatic carbocycles. The topological polar surface area (TPSA) is 49.3 Å². The first kappa shape index (κ1) is 18.4. The van der Waals surface area contributed by atoms with Crippen LogP contribution in [0.3, 0.4) is 0 Å². The molecule has 1 atom stereocenters. The van der Waals surface area contributed by atoms with E-state index in [2.05, 4.69) is 12.2 Å². The number of carbonyl (C=O) groups is 1. The second-order valence-corrected chi connectivity index (χ2v) is 5.55. The van der Waals surface area contributed by atoms with E-state index in [0.29, 0.717) is 0 Å². The van der Waals surface area contributed by atoms with Crippen LogP contribution in [-0.4, -0.2) is 24.2 Å². The fraction of sp³-hybridized carbons (Fsp3) is 0.938. The average molecular weight is 271 g/mol. The summed E-state index contributed by atoms with van der Waals surface area (Å²) in [6.07, 6.45) is 14.5. The molecule has 0 heterocycles. The molecule has 0 rings (SSSR count). The minimum Gasteiger partial charge on any atom is -0.481 e. The normalized spacial score (nSPS) is 12.5. The molecule has 0 radical (unpaired) electrons. The first-order valence-corrected chi connectivity index (χ1v) is 8.09. The van der Waals surface area contributed by atoms with Gasteiger partial charge in [0.25, 0.3) is 0 Å². The predicted octanol–water partition coefficient (Wildman–Crippen LogP) is 4.36. The lowest BCUT2D eigenvalue weighted by atomic mass is 10.0. The largest absolute Gasteiger partial charge is 0.481 e. The Hall–Kier alpha value is -0.570. The van der Waals surface area contributed by atoms with Gasteiger partial charge in [-0.2, -0.15) is 0 Å². The Bertz CT molecular complexity index is 207. The van der Waals surface area contributed by atoms with Gasteiger partial charge < -0.3 is 10.4 Å². The number of carboxylic acid groups (broad SMARTS) is 1. The van der Waals surface area contributed by atoms with Crippen LogP contribution < -0.4 is 5.32 Å². The van der Waals surface area contributed by atoms with Crippen molar-refractivity contribution >= 4 is 5.97 Å². The molecule has 0 amide bonds. The first-order valence-electron chi connectivity index (χ1n) is 8.09. The van der Waals surface area contributed by atoms with E-state index in [0.717, 1.165) is 12.8 Å². The number of unbranched alkanes of at least 4 members (excludes halogenated alkanes) is 9. The Labute approximate surface area is 119 Å². The van der Waals surface area contributed by atoms with Crippen molar-refractivity contribution in [3.8, 4) is 0 Å². The predicted molar refractivity (Wildman–Crippen MR) is 81.6 cm³/mol. The highest BCUT2D eigenvalue weighted by molar-refractivity contribution is 5.67. The highest BCUT2D eigenvalue weighted by atomic mass is 16.4. The van der Waals surface area contributed by atoms with E-state index in [1.54, 1.807) is 0 Å². The number of hydrogen-bond acceptors (Lipinski definition) is 2. The van der Waals surface area contributed by atoms with Crippen molar-refractivity contribution in [1.29, 1.82) is 0 Å². The Morgan fingerprint density at radius 1 is 0.947 bits per heavy atom. The quantitative estimate of drug-likeness (QED) is 0.461. The number of aliphatic carboxylic acids is 1. The molecule has 3 nitrogen and oxygen atoms in total. The standard InChI is InChI=1S/C16H33NO2/c1-3-4-5-6-7-8-9-10-11-12-13-15(17-2)14-16(18)19/h15,17H,3-14H2,1-2H3,(H,18,19). The zero-order valence-electron chi connectivity index (χ0n) is 12.9. The molecule has 1 unspecified atom stereocenters. The smallest absolute Gasteiger partial charge is 0.304 e. The molecule has 0 saturated heterocycles. The SMILES string of the molecule is CCCCCCCCCCCCC(CC(=O)O)NC. The van der Waals surface area contributed by atoms with Crippen LogP contribution in [0.1, 0.15) is 84.0 Å². The molecule has 0 fully saturated rings. The van der Waals surface area contributed by atoms with E-state index in [-0.39, 0.29) is 12.5 Å². The van der Waals surface area contributed by atoms with Gasteiger partial charge >= 0.3 is 5.97 Å². The van der Waals surface area contributed by atoms with Gasteiger partial charge in [-0.3, -0.25) is 4.79 Å². The monoisotopic (exact) mass is 271 g/mol. The third-order valence-electron chi connectivity index (χ3n) is 3.74. The van der Waals surface area contributed by atoms with Gasteiger partial charge in [-0.05, 0) is 13.5 Å². The Morgan fingerprint density at radius 2 is 1.42 bits per heavy atom. The molecule has 0 aromatic rings. The summed E-state index contributed by atoms with van der Waals surface area (Å²) in [7, 11) is 1.85. The fourth-order valence-corrected chi connectivity index (χ4v) is 2.44. The van der Waals surface area contributed by atoms with E-state index >= 15 is 0 Å². The molecule has 0 spiro atoms. The molecule has 3 heteroatoms. The maximum atomic E-state index is 10.6. The number of carboxylic acids is 1. The van der Waals surface area contributed by atoms with Crippen LogP contribution in [0.25, 0.3) is 0 Å². The van der Waals surface area contributed by atoms with Crippen molar-refractivity contribution in [3.05, 3.63) is 0 Å². The highest BCUT2D eigenvalue weighted by Crippen LogP contribution is 2.12. The summed E-state index contributed by atoms with van der Waals surface area (Å²) in [6, 6.07) is 0.145. The number of hydrogen-bond donors (Lipinski definition) is 2. The molecule has 114 valence electrons. The van der Waals surface area contributed by atoms with Gasteiger partial charge in [0.05, 0.1) is 6.42 Å². The molecular weight excluding hydrogens is 238 g/mol. The van der Waals surface area contributed by atoms with Crippen molar-refractivity contribution in [2.45, 2.75) is 90.0 Å². The van der Waals surface area contributed by atoms with Crippen LogP contribution in [0.5, 0.6) is 0 Å². The molecule has 0 aromatic heterocycles. The van der Waals surface area contributed by atoms with Crippen LogP contribution in [0.15, 0.2) is 0 Å². The maximum absolute atomic E-state index is 10.6. The molecular formula is C16H33NO2.